The molecule has 0 saturated carbocycles. The van der Waals surface area contributed by atoms with Crippen molar-refractivity contribution in [1.82, 2.24) is 0 Å². The first kappa shape index (κ1) is 14.7. The van der Waals surface area contributed by atoms with Crippen LogP contribution in [0.3, 0.4) is 0 Å². The van der Waals surface area contributed by atoms with Crippen molar-refractivity contribution in [1.29, 1.82) is 0 Å². The summed E-state index contributed by atoms with van der Waals surface area (Å²) in [5.41, 5.74) is 0.862. The molecule has 1 aromatic carbocycles. The van der Waals surface area contributed by atoms with Crippen LogP contribution in [-0.4, -0.2) is 25.7 Å². The third-order valence-corrected chi connectivity index (χ3v) is 3.21. The molecule has 18 heavy (non-hydrogen) atoms. The highest BCUT2D eigenvalue weighted by Crippen LogP contribution is 2.20. The Morgan fingerprint density at radius 1 is 1.28 bits per heavy atom. The molecule has 0 spiro atoms. The van der Waals surface area contributed by atoms with Crippen molar-refractivity contribution < 1.29 is 19.1 Å². The van der Waals surface area contributed by atoms with Crippen LogP contribution >= 0.6 is 15.9 Å². The summed E-state index contributed by atoms with van der Waals surface area (Å²) in [7, 11) is 1.26. The van der Waals surface area contributed by atoms with E-state index in [2.05, 4.69) is 20.7 Å². The summed E-state index contributed by atoms with van der Waals surface area (Å²) < 4.78 is 10.4. The summed E-state index contributed by atoms with van der Waals surface area (Å²) in [6, 6.07) is 7.42. The fourth-order valence-corrected chi connectivity index (χ4v) is 1.98. The molecule has 0 fully saturated rings. The molecule has 0 aliphatic rings. The number of methoxy groups -OCH3 is 1. The minimum atomic E-state index is -0.923. The number of rotatable bonds is 5. The number of hydrogen-bond acceptors (Lipinski definition) is 4. The van der Waals surface area contributed by atoms with Gasteiger partial charge in [-0.25, -0.2) is 0 Å². The molecule has 4 nitrogen and oxygen atoms in total. The third-order valence-electron chi connectivity index (χ3n) is 2.44. The predicted octanol–water partition coefficient (Wildman–Crippen LogP) is 2.34. The minimum absolute atomic E-state index is 0.238. The van der Waals surface area contributed by atoms with Crippen LogP contribution in [0.2, 0.25) is 0 Å². The summed E-state index contributed by atoms with van der Waals surface area (Å²) in [5.74, 6) is -2.06. The monoisotopic (exact) mass is 314 g/mol. The van der Waals surface area contributed by atoms with Gasteiger partial charge < -0.3 is 9.47 Å². The summed E-state index contributed by atoms with van der Waals surface area (Å²) in [6.07, 6.45) is 0.257. The molecule has 0 aliphatic carbocycles. The second kappa shape index (κ2) is 7.16. The Bertz CT molecular complexity index is 431. The van der Waals surface area contributed by atoms with Crippen molar-refractivity contribution in [3.05, 3.63) is 34.3 Å². The standard InChI is InChI=1S/C13H15BrO4/c1-3-18-13(16)10(12(15)17-2)8-9-6-4-5-7-11(9)14/h4-7,10H,3,8H2,1-2H3. The Labute approximate surface area is 114 Å². The van der Waals surface area contributed by atoms with Crippen LogP contribution in [0.25, 0.3) is 0 Å². The first-order valence-corrected chi connectivity index (χ1v) is 6.37. The predicted molar refractivity (Wildman–Crippen MR) is 70.0 cm³/mol. The maximum Gasteiger partial charge on any atom is 0.320 e. The highest BCUT2D eigenvalue weighted by Gasteiger charge is 2.29. The van der Waals surface area contributed by atoms with Gasteiger partial charge in [-0.15, -0.1) is 0 Å². The van der Waals surface area contributed by atoms with E-state index in [9.17, 15) is 9.59 Å². The fourth-order valence-electron chi connectivity index (χ4n) is 1.53. The van der Waals surface area contributed by atoms with E-state index in [-0.39, 0.29) is 13.0 Å². The van der Waals surface area contributed by atoms with Crippen LogP contribution in [0.5, 0.6) is 0 Å². The van der Waals surface area contributed by atoms with Crippen molar-refractivity contribution in [2.45, 2.75) is 13.3 Å². The molecule has 0 aromatic heterocycles. The lowest BCUT2D eigenvalue weighted by atomic mass is 9.99. The zero-order valence-electron chi connectivity index (χ0n) is 10.3. The largest absolute Gasteiger partial charge is 0.468 e. The molecule has 0 saturated heterocycles. The summed E-state index contributed by atoms with van der Waals surface area (Å²) >= 11 is 3.38. The molecule has 0 aliphatic heterocycles. The number of carbonyl (C=O) groups excluding carboxylic acids is 2. The van der Waals surface area contributed by atoms with E-state index in [0.717, 1.165) is 10.0 Å². The van der Waals surface area contributed by atoms with Crippen LogP contribution < -0.4 is 0 Å². The van der Waals surface area contributed by atoms with E-state index in [1.807, 2.05) is 24.3 Å². The van der Waals surface area contributed by atoms with Crippen molar-refractivity contribution >= 4 is 27.9 Å². The highest BCUT2D eigenvalue weighted by molar-refractivity contribution is 9.10. The maximum atomic E-state index is 11.7. The number of hydrogen-bond donors (Lipinski definition) is 0. The first-order chi connectivity index (χ1) is 8.60. The van der Waals surface area contributed by atoms with Crippen LogP contribution in [0, 0.1) is 5.92 Å². The first-order valence-electron chi connectivity index (χ1n) is 5.58. The maximum absolute atomic E-state index is 11.7. The van der Waals surface area contributed by atoms with Gasteiger partial charge in [0.15, 0.2) is 5.92 Å². The van der Waals surface area contributed by atoms with Crippen LogP contribution in [0.15, 0.2) is 28.7 Å². The Balaban J connectivity index is 2.88. The Hall–Kier alpha value is -1.36. The molecule has 0 radical (unpaired) electrons. The lowest BCUT2D eigenvalue weighted by molar-refractivity contribution is -0.160. The molecule has 1 rings (SSSR count). The zero-order chi connectivity index (χ0) is 13.5. The highest BCUT2D eigenvalue weighted by atomic mass is 79.9. The van der Waals surface area contributed by atoms with Gasteiger partial charge in [-0.3, -0.25) is 9.59 Å². The summed E-state index contributed by atoms with van der Waals surface area (Å²) in [5, 5.41) is 0. The molecular weight excluding hydrogens is 300 g/mol. The molecule has 1 unspecified atom stereocenters. The number of halogens is 1. The van der Waals surface area contributed by atoms with Crippen molar-refractivity contribution in [3.63, 3.8) is 0 Å². The summed E-state index contributed by atoms with van der Waals surface area (Å²) in [4.78, 5) is 23.3. The third kappa shape index (κ3) is 3.84. The van der Waals surface area contributed by atoms with Gasteiger partial charge in [0.05, 0.1) is 13.7 Å². The average molecular weight is 315 g/mol. The van der Waals surface area contributed by atoms with Gasteiger partial charge in [0.1, 0.15) is 0 Å². The number of esters is 2. The molecule has 5 heteroatoms. The lowest BCUT2D eigenvalue weighted by Gasteiger charge is -2.14. The van der Waals surface area contributed by atoms with E-state index >= 15 is 0 Å². The average Bonchev–Trinajstić information content (AvgIpc) is 2.37. The van der Waals surface area contributed by atoms with Gasteiger partial charge in [0, 0.05) is 4.47 Å². The second-order valence-electron chi connectivity index (χ2n) is 3.62. The van der Waals surface area contributed by atoms with Gasteiger partial charge in [-0.1, -0.05) is 34.1 Å². The molecule has 0 heterocycles. The molecule has 0 bridgehead atoms. The van der Waals surface area contributed by atoms with Gasteiger partial charge in [0.2, 0.25) is 0 Å². The molecular formula is C13H15BrO4. The normalized spacial score (nSPS) is 11.7. The summed E-state index contributed by atoms with van der Waals surface area (Å²) in [6.45, 7) is 1.94. The molecule has 1 atom stereocenters. The smallest absolute Gasteiger partial charge is 0.320 e. The fraction of sp³-hybridized carbons (Fsp3) is 0.385. The van der Waals surface area contributed by atoms with Gasteiger partial charge in [-0.05, 0) is 25.0 Å². The lowest BCUT2D eigenvalue weighted by Crippen LogP contribution is -2.29. The molecule has 1 aromatic rings. The Morgan fingerprint density at radius 2 is 1.94 bits per heavy atom. The van der Waals surface area contributed by atoms with Crippen molar-refractivity contribution in [2.75, 3.05) is 13.7 Å². The van der Waals surface area contributed by atoms with Crippen LogP contribution in [0.4, 0.5) is 0 Å². The van der Waals surface area contributed by atoms with Gasteiger partial charge in [0.25, 0.3) is 0 Å². The van der Waals surface area contributed by atoms with E-state index in [0.29, 0.717) is 0 Å². The van der Waals surface area contributed by atoms with E-state index < -0.39 is 17.9 Å². The van der Waals surface area contributed by atoms with E-state index in [1.54, 1.807) is 6.92 Å². The van der Waals surface area contributed by atoms with Crippen molar-refractivity contribution in [2.24, 2.45) is 5.92 Å². The number of carbonyl (C=O) groups is 2. The molecule has 0 amide bonds. The zero-order valence-corrected chi connectivity index (χ0v) is 11.9. The van der Waals surface area contributed by atoms with Crippen LogP contribution in [-0.2, 0) is 25.5 Å². The SMILES string of the molecule is CCOC(=O)C(Cc1ccccc1Br)C(=O)OC. The molecule has 0 N–H and O–H groups in total. The van der Waals surface area contributed by atoms with E-state index in [1.165, 1.54) is 7.11 Å². The van der Waals surface area contributed by atoms with Crippen LogP contribution in [0.1, 0.15) is 12.5 Å². The number of ether oxygens (including phenoxy) is 2. The Morgan fingerprint density at radius 3 is 2.50 bits per heavy atom. The van der Waals surface area contributed by atoms with Gasteiger partial charge >= 0.3 is 11.9 Å². The minimum Gasteiger partial charge on any atom is -0.468 e. The van der Waals surface area contributed by atoms with Crippen molar-refractivity contribution in [3.8, 4) is 0 Å². The quantitative estimate of drug-likeness (QED) is 0.618. The topological polar surface area (TPSA) is 52.6 Å². The van der Waals surface area contributed by atoms with E-state index in [4.69, 9.17) is 4.74 Å². The Kier molecular flexibility index (Phi) is 5.85. The van der Waals surface area contributed by atoms with Gasteiger partial charge in [-0.2, -0.15) is 0 Å². The number of benzene rings is 1. The second-order valence-corrected chi connectivity index (χ2v) is 4.48. The molecule has 98 valence electrons.